The topological polar surface area (TPSA) is 67.5 Å². The van der Waals surface area contributed by atoms with Crippen LogP contribution in [0.5, 0.6) is 0 Å². The van der Waals surface area contributed by atoms with Crippen LogP contribution in [-0.2, 0) is 22.4 Å². The summed E-state index contributed by atoms with van der Waals surface area (Å²) >= 11 is 0.892. The lowest BCUT2D eigenvalue weighted by Gasteiger charge is -2.12. The van der Waals surface area contributed by atoms with Crippen LogP contribution < -0.4 is 0 Å². The molecule has 0 unspecified atom stereocenters. The molecule has 0 spiro atoms. The summed E-state index contributed by atoms with van der Waals surface area (Å²) in [6.45, 7) is 0. The number of hydrogen-bond donors (Lipinski definition) is 1. The summed E-state index contributed by atoms with van der Waals surface area (Å²) in [6, 6.07) is 31.3. The summed E-state index contributed by atoms with van der Waals surface area (Å²) in [5.41, 5.74) is 5.48. The third-order valence-corrected chi connectivity index (χ3v) is 6.88. The minimum Gasteiger partial charge on any atom is -0.480 e. The lowest BCUT2D eigenvalue weighted by molar-refractivity contribution is -0.136. The molecule has 1 heterocycles. The summed E-state index contributed by atoms with van der Waals surface area (Å²) in [6.07, 6.45) is 0.447. The molecule has 0 bridgehead atoms. The number of benzene rings is 4. The summed E-state index contributed by atoms with van der Waals surface area (Å²) in [5.74, 6) is -0.991. The van der Waals surface area contributed by atoms with Gasteiger partial charge in [0.25, 0.3) is 0 Å². The van der Waals surface area contributed by atoms with E-state index in [2.05, 4.69) is 0 Å². The van der Waals surface area contributed by atoms with Crippen molar-refractivity contribution < 1.29 is 19.1 Å². The first-order valence-electron chi connectivity index (χ1n) is 11.0. The highest BCUT2D eigenvalue weighted by atomic mass is 32.2. The number of rotatable bonds is 7. The molecular weight excluding hydrogens is 444 g/mol. The van der Waals surface area contributed by atoms with Crippen LogP contribution in [0.2, 0.25) is 0 Å². The van der Waals surface area contributed by atoms with Gasteiger partial charge >= 0.3 is 5.97 Å². The number of hydrogen-bond acceptors (Lipinski definition) is 4. The van der Waals surface area contributed by atoms with E-state index in [0.717, 1.165) is 56.0 Å². The molecule has 0 saturated carbocycles. The third-order valence-electron chi connectivity index (χ3n) is 5.82. The summed E-state index contributed by atoms with van der Waals surface area (Å²) in [7, 11) is 0. The second-order valence-corrected chi connectivity index (χ2v) is 9.45. The van der Waals surface area contributed by atoms with Crippen molar-refractivity contribution in [2.75, 3.05) is 0 Å². The van der Waals surface area contributed by atoms with E-state index in [0.29, 0.717) is 0 Å². The van der Waals surface area contributed by atoms with Gasteiger partial charge < -0.3 is 9.52 Å². The number of carboxylic acid groups (broad SMARTS) is 1. The Morgan fingerprint density at radius 1 is 0.735 bits per heavy atom. The van der Waals surface area contributed by atoms with E-state index in [4.69, 9.17) is 4.42 Å². The van der Waals surface area contributed by atoms with Crippen molar-refractivity contribution >= 4 is 44.8 Å². The van der Waals surface area contributed by atoms with Crippen molar-refractivity contribution in [2.45, 2.75) is 18.1 Å². The van der Waals surface area contributed by atoms with Gasteiger partial charge in [0, 0.05) is 17.2 Å². The van der Waals surface area contributed by atoms with E-state index in [1.54, 1.807) is 0 Å². The van der Waals surface area contributed by atoms with Crippen molar-refractivity contribution in [2.24, 2.45) is 0 Å². The highest BCUT2D eigenvalue weighted by Gasteiger charge is 2.23. The van der Waals surface area contributed by atoms with E-state index in [1.807, 2.05) is 97.1 Å². The molecule has 1 N–H and O–H groups in total. The number of aliphatic carboxylic acids is 1. The Hall–Kier alpha value is -3.83. The number of carbonyl (C=O) groups is 2. The highest BCUT2D eigenvalue weighted by Crippen LogP contribution is 2.30. The zero-order valence-electron chi connectivity index (χ0n) is 18.3. The lowest BCUT2D eigenvalue weighted by atomic mass is 10.0. The Bertz CT molecular complexity index is 1470. The zero-order chi connectivity index (χ0) is 23.5. The number of para-hydroxylation sites is 1. The molecule has 1 aromatic heterocycles. The number of fused-ring (bicyclic) bond motifs is 3. The van der Waals surface area contributed by atoms with Gasteiger partial charge in [0.15, 0.2) is 5.12 Å². The van der Waals surface area contributed by atoms with Crippen molar-refractivity contribution in [1.82, 2.24) is 0 Å². The van der Waals surface area contributed by atoms with Crippen molar-refractivity contribution in [3.8, 4) is 11.1 Å². The van der Waals surface area contributed by atoms with Crippen LogP contribution in [0.3, 0.4) is 0 Å². The Morgan fingerprint density at radius 3 is 2.15 bits per heavy atom. The molecule has 5 aromatic rings. The maximum absolute atomic E-state index is 12.7. The van der Waals surface area contributed by atoms with Crippen molar-refractivity contribution in [1.29, 1.82) is 0 Å². The summed E-state index contributed by atoms with van der Waals surface area (Å²) in [5, 5.41) is 10.7. The Labute approximate surface area is 201 Å². The Kier molecular flexibility index (Phi) is 6.19. The Morgan fingerprint density at radius 2 is 1.38 bits per heavy atom. The molecular formula is C29H22O4S. The monoisotopic (exact) mass is 466 g/mol. The number of furan rings is 1. The molecule has 0 fully saturated rings. The first-order valence-corrected chi connectivity index (χ1v) is 11.9. The highest BCUT2D eigenvalue weighted by molar-refractivity contribution is 8.14. The maximum atomic E-state index is 12.7. The normalized spacial score (nSPS) is 12.1. The van der Waals surface area contributed by atoms with Gasteiger partial charge in [0.05, 0.1) is 0 Å². The SMILES string of the molecule is O=C(Cc1ccc(-c2ccccc2)cc1)S[C@H](Cc1ccc2oc3ccccc3c2c1)C(=O)O. The smallest absolute Gasteiger partial charge is 0.317 e. The fourth-order valence-corrected chi connectivity index (χ4v) is 5.05. The zero-order valence-corrected chi connectivity index (χ0v) is 19.1. The molecule has 0 aliphatic rings. The quantitative estimate of drug-likeness (QED) is 0.287. The maximum Gasteiger partial charge on any atom is 0.317 e. The first-order chi connectivity index (χ1) is 16.6. The summed E-state index contributed by atoms with van der Waals surface area (Å²) in [4.78, 5) is 24.6. The minimum atomic E-state index is -0.991. The molecule has 0 radical (unpaired) electrons. The molecule has 168 valence electrons. The molecule has 4 aromatic carbocycles. The Balaban J connectivity index is 1.28. The second-order valence-electron chi connectivity index (χ2n) is 8.19. The molecule has 0 aliphatic carbocycles. The molecule has 0 saturated heterocycles. The lowest BCUT2D eigenvalue weighted by Crippen LogP contribution is -2.21. The average molecular weight is 467 g/mol. The van der Waals surface area contributed by atoms with Gasteiger partial charge in [-0.1, -0.05) is 90.6 Å². The molecule has 5 heteroatoms. The van der Waals surface area contributed by atoms with E-state index < -0.39 is 11.2 Å². The number of thioether (sulfide) groups is 1. The molecule has 34 heavy (non-hydrogen) atoms. The summed E-state index contributed by atoms with van der Waals surface area (Å²) < 4.78 is 5.85. The molecule has 1 atom stereocenters. The fraction of sp³-hybridized carbons (Fsp3) is 0.103. The number of carboxylic acids is 1. The van der Waals surface area contributed by atoms with Crippen LogP contribution in [-0.4, -0.2) is 21.4 Å². The first kappa shape index (κ1) is 22.0. The third kappa shape index (κ3) is 4.75. The van der Waals surface area contributed by atoms with Gasteiger partial charge in [-0.25, -0.2) is 0 Å². The van der Waals surface area contributed by atoms with Crippen molar-refractivity contribution in [3.63, 3.8) is 0 Å². The van der Waals surface area contributed by atoms with Crippen LogP contribution in [0.15, 0.2) is 101 Å². The fourth-order valence-electron chi connectivity index (χ4n) is 4.11. The molecule has 0 amide bonds. The van der Waals surface area contributed by atoms with Crippen LogP contribution >= 0.6 is 11.8 Å². The van der Waals surface area contributed by atoms with Crippen LogP contribution in [0.25, 0.3) is 33.1 Å². The number of carbonyl (C=O) groups excluding carboxylic acids is 1. The predicted molar refractivity (Wildman–Crippen MR) is 137 cm³/mol. The van der Waals surface area contributed by atoms with Gasteiger partial charge in [0.1, 0.15) is 16.4 Å². The largest absolute Gasteiger partial charge is 0.480 e. The van der Waals surface area contributed by atoms with E-state index in [9.17, 15) is 14.7 Å². The van der Waals surface area contributed by atoms with Crippen molar-refractivity contribution in [3.05, 3.63) is 108 Å². The van der Waals surface area contributed by atoms with Crippen LogP contribution in [0.4, 0.5) is 0 Å². The minimum absolute atomic E-state index is 0.158. The van der Waals surface area contributed by atoms with Gasteiger partial charge in [-0.3, -0.25) is 9.59 Å². The average Bonchev–Trinajstić information content (AvgIpc) is 3.22. The van der Waals surface area contributed by atoms with Gasteiger partial charge in [-0.05, 0) is 46.9 Å². The van der Waals surface area contributed by atoms with E-state index in [-0.39, 0.29) is 18.0 Å². The van der Waals surface area contributed by atoms with E-state index in [1.165, 1.54) is 0 Å². The molecule has 0 aliphatic heterocycles. The van der Waals surface area contributed by atoms with Gasteiger partial charge in [0.2, 0.25) is 0 Å². The molecule has 4 nitrogen and oxygen atoms in total. The van der Waals surface area contributed by atoms with E-state index >= 15 is 0 Å². The van der Waals surface area contributed by atoms with Gasteiger partial charge in [-0.15, -0.1) is 0 Å². The van der Waals surface area contributed by atoms with Crippen LogP contribution in [0, 0.1) is 0 Å². The standard InChI is InChI=1S/C29H22O4S/c30-28(18-19-10-13-22(14-11-19)21-6-2-1-3-7-21)34-27(29(31)32)17-20-12-15-26-24(16-20)23-8-4-5-9-25(23)33-26/h1-16,27H,17-18H2,(H,31,32)/t27-/m1/s1. The van der Waals surface area contributed by atoms with Gasteiger partial charge in [-0.2, -0.15) is 0 Å². The second kappa shape index (κ2) is 9.57. The molecule has 5 rings (SSSR count). The predicted octanol–water partition coefficient (Wildman–Crippen LogP) is 6.75. The van der Waals surface area contributed by atoms with Crippen LogP contribution in [0.1, 0.15) is 11.1 Å².